The second-order valence-corrected chi connectivity index (χ2v) is 3.57. The van der Waals surface area contributed by atoms with Crippen molar-refractivity contribution in [1.29, 1.82) is 0 Å². The van der Waals surface area contributed by atoms with Crippen LogP contribution in [0.1, 0.15) is 5.69 Å². The summed E-state index contributed by atoms with van der Waals surface area (Å²) in [5, 5.41) is 0.638. The van der Waals surface area contributed by atoms with Gasteiger partial charge >= 0.3 is 0 Å². The molecule has 0 unspecified atom stereocenters. The van der Waals surface area contributed by atoms with Crippen LogP contribution in [-0.4, -0.2) is 11.5 Å². The fraction of sp³-hybridized carbons (Fsp3) is 0.182. The minimum absolute atomic E-state index is 0.545. The monoisotopic (exact) mass is 222 g/mol. The molecule has 2 N–H and O–H groups in total. The second-order valence-electron chi connectivity index (χ2n) is 3.16. The summed E-state index contributed by atoms with van der Waals surface area (Å²) in [6.45, 7) is 0.564. The van der Waals surface area contributed by atoms with E-state index in [-0.39, 0.29) is 0 Å². The molecule has 0 aliphatic carbocycles. The quantitative estimate of drug-likeness (QED) is 0.868. The molecule has 1 heterocycles. The Morgan fingerprint density at radius 1 is 1.33 bits per heavy atom. The molecule has 0 saturated heterocycles. The highest BCUT2D eigenvalue weighted by Crippen LogP contribution is 2.26. The Balaban J connectivity index is 2.33. The molecule has 15 heavy (non-hydrogen) atoms. The van der Waals surface area contributed by atoms with Crippen LogP contribution in [0.4, 0.5) is 0 Å². The Bertz CT molecular complexity index is 453. The van der Waals surface area contributed by atoms with Crippen molar-refractivity contribution >= 4 is 11.6 Å². The Kier molecular flexibility index (Phi) is 3.04. The summed E-state index contributed by atoms with van der Waals surface area (Å²) in [5.41, 5.74) is 7.09. The molecule has 2 aromatic rings. The largest absolute Gasteiger partial charge is 0.444 e. The van der Waals surface area contributed by atoms with Gasteiger partial charge in [-0.15, -0.1) is 0 Å². The SMILES string of the molecule is NCCc1coc(-c2ccccc2Cl)n1. The summed E-state index contributed by atoms with van der Waals surface area (Å²) in [7, 11) is 0. The van der Waals surface area contributed by atoms with Crippen molar-refractivity contribution in [2.24, 2.45) is 5.73 Å². The first-order valence-electron chi connectivity index (χ1n) is 4.70. The van der Waals surface area contributed by atoms with Gasteiger partial charge < -0.3 is 10.2 Å². The highest BCUT2D eigenvalue weighted by atomic mass is 35.5. The van der Waals surface area contributed by atoms with E-state index >= 15 is 0 Å². The standard InChI is InChI=1S/C11H11ClN2O/c12-10-4-2-1-3-9(10)11-14-8(5-6-13)7-15-11/h1-4,7H,5-6,13H2. The number of rotatable bonds is 3. The Labute approximate surface area is 92.9 Å². The number of hydrogen-bond donors (Lipinski definition) is 1. The summed E-state index contributed by atoms with van der Waals surface area (Å²) >= 11 is 6.02. The van der Waals surface area contributed by atoms with Gasteiger partial charge in [0.15, 0.2) is 0 Å². The third-order valence-corrected chi connectivity index (χ3v) is 2.39. The smallest absolute Gasteiger partial charge is 0.227 e. The van der Waals surface area contributed by atoms with Crippen molar-refractivity contribution in [3.05, 3.63) is 41.2 Å². The maximum absolute atomic E-state index is 6.02. The van der Waals surface area contributed by atoms with Crippen LogP contribution in [0.25, 0.3) is 11.5 Å². The van der Waals surface area contributed by atoms with Crippen molar-refractivity contribution in [1.82, 2.24) is 4.98 Å². The van der Waals surface area contributed by atoms with Gasteiger partial charge in [0.1, 0.15) is 6.26 Å². The second kappa shape index (κ2) is 4.47. The zero-order valence-corrected chi connectivity index (χ0v) is 8.87. The lowest BCUT2D eigenvalue weighted by molar-refractivity contribution is 0.572. The molecule has 1 aromatic heterocycles. The van der Waals surface area contributed by atoms with Crippen molar-refractivity contribution < 1.29 is 4.42 Å². The Morgan fingerprint density at radius 3 is 2.87 bits per heavy atom. The van der Waals surface area contributed by atoms with Gasteiger partial charge in [0.2, 0.25) is 5.89 Å². The van der Waals surface area contributed by atoms with Crippen LogP contribution in [0.5, 0.6) is 0 Å². The van der Waals surface area contributed by atoms with Crippen LogP contribution < -0.4 is 5.73 Å². The number of nitrogens with zero attached hydrogens (tertiary/aromatic N) is 1. The fourth-order valence-electron chi connectivity index (χ4n) is 1.33. The third kappa shape index (κ3) is 2.19. The fourth-order valence-corrected chi connectivity index (χ4v) is 1.54. The van der Waals surface area contributed by atoms with Gasteiger partial charge in [0.05, 0.1) is 16.3 Å². The minimum Gasteiger partial charge on any atom is -0.444 e. The van der Waals surface area contributed by atoms with Crippen molar-refractivity contribution in [3.8, 4) is 11.5 Å². The molecule has 3 nitrogen and oxygen atoms in total. The van der Waals surface area contributed by atoms with E-state index in [0.29, 0.717) is 23.9 Å². The highest BCUT2D eigenvalue weighted by molar-refractivity contribution is 6.33. The number of nitrogens with two attached hydrogens (primary N) is 1. The van der Waals surface area contributed by atoms with E-state index in [0.717, 1.165) is 11.3 Å². The normalized spacial score (nSPS) is 10.5. The average Bonchev–Trinajstić information content (AvgIpc) is 2.68. The number of benzene rings is 1. The summed E-state index contributed by atoms with van der Waals surface area (Å²) < 4.78 is 5.33. The molecule has 1 aromatic carbocycles. The van der Waals surface area contributed by atoms with Gasteiger partial charge in [-0.3, -0.25) is 0 Å². The zero-order chi connectivity index (χ0) is 10.7. The molecule has 0 aliphatic rings. The first-order valence-corrected chi connectivity index (χ1v) is 5.08. The predicted molar refractivity (Wildman–Crippen MR) is 59.7 cm³/mol. The molecule has 0 bridgehead atoms. The molecular formula is C11H11ClN2O. The van der Waals surface area contributed by atoms with E-state index < -0.39 is 0 Å². The summed E-state index contributed by atoms with van der Waals surface area (Å²) in [5.74, 6) is 0.545. The van der Waals surface area contributed by atoms with Crippen LogP contribution in [0.15, 0.2) is 34.9 Å². The van der Waals surface area contributed by atoms with E-state index in [1.807, 2.05) is 24.3 Å². The van der Waals surface area contributed by atoms with Crippen molar-refractivity contribution in [2.45, 2.75) is 6.42 Å². The Morgan fingerprint density at radius 2 is 2.13 bits per heavy atom. The number of hydrogen-bond acceptors (Lipinski definition) is 3. The van der Waals surface area contributed by atoms with Crippen molar-refractivity contribution in [2.75, 3.05) is 6.54 Å². The van der Waals surface area contributed by atoms with E-state index in [9.17, 15) is 0 Å². The maximum Gasteiger partial charge on any atom is 0.227 e. The molecule has 0 fully saturated rings. The van der Waals surface area contributed by atoms with E-state index in [4.69, 9.17) is 21.8 Å². The lowest BCUT2D eigenvalue weighted by atomic mass is 10.2. The third-order valence-electron chi connectivity index (χ3n) is 2.06. The first kappa shape index (κ1) is 10.2. The summed E-state index contributed by atoms with van der Waals surface area (Å²) in [6, 6.07) is 7.45. The van der Waals surface area contributed by atoms with Crippen LogP contribution >= 0.6 is 11.6 Å². The maximum atomic E-state index is 6.02. The van der Waals surface area contributed by atoms with E-state index in [1.54, 1.807) is 6.26 Å². The molecule has 0 radical (unpaired) electrons. The van der Waals surface area contributed by atoms with Crippen LogP contribution in [0.2, 0.25) is 5.02 Å². The lowest BCUT2D eigenvalue weighted by Crippen LogP contribution is -2.02. The van der Waals surface area contributed by atoms with Gasteiger partial charge in [0.25, 0.3) is 0 Å². The summed E-state index contributed by atoms with van der Waals surface area (Å²) in [6.07, 6.45) is 2.33. The highest BCUT2D eigenvalue weighted by Gasteiger charge is 2.08. The number of halogens is 1. The molecule has 0 saturated carbocycles. The van der Waals surface area contributed by atoms with E-state index in [1.165, 1.54) is 0 Å². The molecular weight excluding hydrogens is 212 g/mol. The van der Waals surface area contributed by atoms with Gasteiger partial charge in [-0.05, 0) is 18.7 Å². The minimum atomic E-state index is 0.545. The molecule has 78 valence electrons. The first-order chi connectivity index (χ1) is 7.31. The van der Waals surface area contributed by atoms with Crippen LogP contribution in [0.3, 0.4) is 0 Å². The zero-order valence-electron chi connectivity index (χ0n) is 8.11. The summed E-state index contributed by atoms with van der Waals surface area (Å²) in [4.78, 5) is 4.30. The molecule has 0 atom stereocenters. The Hall–Kier alpha value is -1.32. The van der Waals surface area contributed by atoms with Crippen LogP contribution in [-0.2, 0) is 6.42 Å². The predicted octanol–water partition coefficient (Wildman–Crippen LogP) is 2.50. The van der Waals surface area contributed by atoms with Gasteiger partial charge in [-0.2, -0.15) is 0 Å². The van der Waals surface area contributed by atoms with Crippen molar-refractivity contribution in [3.63, 3.8) is 0 Å². The lowest BCUT2D eigenvalue weighted by Gasteiger charge is -1.97. The molecule has 0 amide bonds. The number of aromatic nitrogens is 1. The molecule has 0 spiro atoms. The topological polar surface area (TPSA) is 52.0 Å². The van der Waals surface area contributed by atoms with Crippen LogP contribution in [0, 0.1) is 0 Å². The number of oxazole rings is 1. The van der Waals surface area contributed by atoms with Gasteiger partial charge in [-0.25, -0.2) is 4.98 Å². The van der Waals surface area contributed by atoms with E-state index in [2.05, 4.69) is 4.98 Å². The molecule has 4 heteroatoms. The van der Waals surface area contributed by atoms with Gasteiger partial charge in [-0.1, -0.05) is 23.7 Å². The molecule has 2 rings (SSSR count). The average molecular weight is 223 g/mol. The van der Waals surface area contributed by atoms with Gasteiger partial charge in [0, 0.05) is 6.42 Å². The molecule has 0 aliphatic heterocycles.